The van der Waals surface area contributed by atoms with E-state index in [9.17, 15) is 18.0 Å². The minimum Gasteiger partial charge on any atom is -0.334 e. The van der Waals surface area contributed by atoms with Crippen LogP contribution in [0.15, 0.2) is 16.7 Å². The first kappa shape index (κ1) is 14.3. The first-order valence-corrected chi connectivity index (χ1v) is 6.59. The van der Waals surface area contributed by atoms with E-state index < -0.39 is 12.1 Å². The lowest BCUT2D eigenvalue weighted by atomic mass is 10.0. The predicted molar refractivity (Wildman–Crippen MR) is 66.7 cm³/mol. The van der Waals surface area contributed by atoms with Gasteiger partial charge in [0.25, 0.3) is 0 Å². The summed E-state index contributed by atoms with van der Waals surface area (Å²) in [5, 5.41) is 0. The molecule has 0 aromatic carbocycles. The Morgan fingerprint density at radius 2 is 2.16 bits per heavy atom. The molecule has 0 spiro atoms. The summed E-state index contributed by atoms with van der Waals surface area (Å²) in [6.07, 6.45) is -4.42. The molecule has 1 aromatic heterocycles. The van der Waals surface area contributed by atoms with Gasteiger partial charge in [-0.25, -0.2) is 4.98 Å². The number of hydrogen-bond donors (Lipinski definition) is 0. The van der Waals surface area contributed by atoms with Crippen molar-refractivity contribution >= 4 is 21.8 Å². The zero-order valence-corrected chi connectivity index (χ0v) is 11.8. The van der Waals surface area contributed by atoms with Crippen molar-refractivity contribution in [2.75, 3.05) is 13.1 Å². The lowest BCUT2D eigenvalue weighted by Crippen LogP contribution is -2.42. The van der Waals surface area contributed by atoms with E-state index in [0.29, 0.717) is 11.0 Å². The number of hydrogen-bond acceptors (Lipinski definition) is 2. The van der Waals surface area contributed by atoms with Crippen molar-refractivity contribution < 1.29 is 18.0 Å². The molecule has 1 aromatic rings. The average Bonchev–Trinajstić information content (AvgIpc) is 2.47. The van der Waals surface area contributed by atoms with Crippen LogP contribution in [-0.4, -0.2) is 35.1 Å². The fourth-order valence-electron chi connectivity index (χ4n) is 2.24. The third-order valence-corrected chi connectivity index (χ3v) is 3.56. The van der Waals surface area contributed by atoms with E-state index in [1.807, 2.05) is 6.07 Å². The third kappa shape index (κ3) is 3.08. The molecule has 0 fully saturated rings. The van der Waals surface area contributed by atoms with E-state index >= 15 is 0 Å². The van der Waals surface area contributed by atoms with Crippen molar-refractivity contribution in [2.45, 2.75) is 25.4 Å². The highest BCUT2D eigenvalue weighted by molar-refractivity contribution is 9.10. The number of alkyl halides is 3. The van der Waals surface area contributed by atoms with E-state index in [0.717, 1.165) is 16.2 Å². The highest BCUT2D eigenvalue weighted by atomic mass is 79.9. The van der Waals surface area contributed by atoms with Gasteiger partial charge in [0.05, 0.1) is 0 Å². The van der Waals surface area contributed by atoms with Crippen LogP contribution in [0.4, 0.5) is 13.2 Å². The molecule has 7 heteroatoms. The first-order chi connectivity index (χ1) is 8.79. The van der Waals surface area contributed by atoms with Gasteiger partial charge in [-0.05, 0) is 34.0 Å². The molecule has 2 rings (SSSR count). The zero-order valence-electron chi connectivity index (χ0n) is 10.2. The van der Waals surface area contributed by atoms with Crippen molar-refractivity contribution in [1.82, 2.24) is 9.88 Å². The average molecular weight is 337 g/mol. The Morgan fingerprint density at radius 1 is 1.47 bits per heavy atom. The normalized spacial score (nSPS) is 19.8. The molecule has 104 valence electrons. The number of rotatable bonds is 0. The fraction of sp³-hybridized carbons (Fsp3) is 0.500. The Morgan fingerprint density at radius 3 is 2.79 bits per heavy atom. The molecular weight excluding hydrogens is 325 g/mol. The second kappa shape index (κ2) is 5.11. The summed E-state index contributed by atoms with van der Waals surface area (Å²) < 4.78 is 38.1. The van der Waals surface area contributed by atoms with Crippen LogP contribution in [0.2, 0.25) is 0 Å². The number of pyridine rings is 1. The van der Waals surface area contributed by atoms with Gasteiger partial charge < -0.3 is 4.90 Å². The molecule has 0 bridgehead atoms. The maximum atomic E-state index is 12.5. The molecule has 1 aliphatic rings. The van der Waals surface area contributed by atoms with Crippen molar-refractivity contribution in [1.29, 1.82) is 0 Å². The Hall–Kier alpha value is -1.11. The van der Waals surface area contributed by atoms with Crippen LogP contribution >= 0.6 is 15.9 Å². The number of halogens is 4. The highest BCUT2D eigenvalue weighted by Gasteiger charge is 2.43. The lowest BCUT2D eigenvalue weighted by molar-refractivity contribution is -0.185. The number of amides is 1. The van der Waals surface area contributed by atoms with Gasteiger partial charge in [0, 0.05) is 24.7 Å². The lowest BCUT2D eigenvalue weighted by Gasteiger charge is -2.23. The van der Waals surface area contributed by atoms with Gasteiger partial charge in [-0.1, -0.05) is 13.0 Å². The van der Waals surface area contributed by atoms with Crippen LogP contribution < -0.4 is 0 Å². The summed E-state index contributed by atoms with van der Waals surface area (Å²) in [5.74, 6) is -1.99. The Labute approximate surface area is 116 Å². The van der Waals surface area contributed by atoms with Crippen LogP contribution in [0.5, 0.6) is 0 Å². The van der Waals surface area contributed by atoms with Crippen LogP contribution in [0.1, 0.15) is 24.1 Å². The van der Waals surface area contributed by atoms with Gasteiger partial charge in [0.1, 0.15) is 4.60 Å². The molecule has 0 aliphatic carbocycles. The molecule has 0 saturated carbocycles. The molecule has 0 radical (unpaired) electrons. The van der Waals surface area contributed by atoms with E-state index in [1.165, 1.54) is 0 Å². The standard InChI is InChI=1S/C12H12BrF3N2O/c1-7-6-18(11(19)12(14,15)16)5-4-8-2-3-9(13)17-10(7)8/h2-3,7H,4-6H2,1H3. The molecule has 0 N–H and O–H groups in total. The fourth-order valence-corrected chi connectivity index (χ4v) is 2.57. The van der Waals surface area contributed by atoms with E-state index in [1.54, 1.807) is 13.0 Å². The number of carbonyl (C=O) groups is 1. The minimum absolute atomic E-state index is 0.0365. The smallest absolute Gasteiger partial charge is 0.334 e. The molecule has 1 unspecified atom stereocenters. The Balaban J connectivity index is 2.25. The van der Waals surface area contributed by atoms with Gasteiger partial charge in [0.2, 0.25) is 0 Å². The maximum absolute atomic E-state index is 12.5. The van der Waals surface area contributed by atoms with Gasteiger partial charge >= 0.3 is 12.1 Å². The number of nitrogens with zero attached hydrogens (tertiary/aromatic N) is 2. The SMILES string of the molecule is CC1CN(C(=O)C(F)(F)F)CCc2ccc(Br)nc21. The quantitative estimate of drug-likeness (QED) is 0.682. The van der Waals surface area contributed by atoms with Crippen molar-refractivity contribution in [3.63, 3.8) is 0 Å². The third-order valence-electron chi connectivity index (χ3n) is 3.12. The number of carbonyl (C=O) groups excluding carboxylic acids is 1. The van der Waals surface area contributed by atoms with Gasteiger partial charge in [-0.2, -0.15) is 13.2 Å². The molecule has 2 heterocycles. The Kier molecular flexibility index (Phi) is 3.85. The van der Waals surface area contributed by atoms with Crippen LogP contribution in [0.25, 0.3) is 0 Å². The zero-order chi connectivity index (χ0) is 14.2. The molecule has 1 atom stereocenters. The predicted octanol–water partition coefficient (Wildman–Crippen LogP) is 2.89. The summed E-state index contributed by atoms with van der Waals surface area (Å²) in [6, 6.07) is 3.59. The molecular formula is C12H12BrF3N2O. The number of fused-ring (bicyclic) bond motifs is 1. The van der Waals surface area contributed by atoms with E-state index in [2.05, 4.69) is 20.9 Å². The highest BCUT2D eigenvalue weighted by Crippen LogP contribution is 2.27. The summed E-state index contributed by atoms with van der Waals surface area (Å²) >= 11 is 3.25. The monoisotopic (exact) mass is 336 g/mol. The van der Waals surface area contributed by atoms with Crippen LogP contribution in [-0.2, 0) is 11.2 Å². The van der Waals surface area contributed by atoms with Crippen molar-refractivity contribution in [3.05, 3.63) is 28.0 Å². The largest absolute Gasteiger partial charge is 0.471 e. The summed E-state index contributed by atoms with van der Waals surface area (Å²) in [7, 11) is 0. The maximum Gasteiger partial charge on any atom is 0.471 e. The summed E-state index contributed by atoms with van der Waals surface area (Å²) in [4.78, 5) is 16.5. The van der Waals surface area contributed by atoms with Crippen molar-refractivity contribution in [2.24, 2.45) is 0 Å². The first-order valence-electron chi connectivity index (χ1n) is 5.80. The Bertz CT molecular complexity index is 504. The van der Waals surface area contributed by atoms with Crippen molar-refractivity contribution in [3.8, 4) is 0 Å². The van der Waals surface area contributed by atoms with Gasteiger partial charge in [-0.3, -0.25) is 4.79 Å². The summed E-state index contributed by atoms with van der Waals surface area (Å²) in [5.41, 5.74) is 1.65. The molecule has 0 saturated heterocycles. The molecule has 19 heavy (non-hydrogen) atoms. The van der Waals surface area contributed by atoms with Crippen LogP contribution in [0.3, 0.4) is 0 Å². The molecule has 1 aliphatic heterocycles. The molecule has 1 amide bonds. The van der Waals surface area contributed by atoms with E-state index in [-0.39, 0.29) is 19.0 Å². The molecule has 3 nitrogen and oxygen atoms in total. The summed E-state index contributed by atoms with van der Waals surface area (Å²) in [6.45, 7) is 1.88. The van der Waals surface area contributed by atoms with Crippen LogP contribution in [0, 0.1) is 0 Å². The second-order valence-corrected chi connectivity index (χ2v) is 5.39. The number of aromatic nitrogens is 1. The topological polar surface area (TPSA) is 33.2 Å². The van der Waals surface area contributed by atoms with E-state index in [4.69, 9.17) is 0 Å². The minimum atomic E-state index is -4.82. The van der Waals surface area contributed by atoms with Gasteiger partial charge in [0.15, 0.2) is 0 Å². The second-order valence-electron chi connectivity index (χ2n) is 4.58. The van der Waals surface area contributed by atoms with Gasteiger partial charge in [-0.15, -0.1) is 0 Å².